The molecule has 2 rings (SSSR count). The molecule has 31 heavy (non-hydrogen) atoms. The van der Waals surface area contributed by atoms with Crippen LogP contribution in [0.15, 0.2) is 29.3 Å². The zero-order valence-electron chi connectivity index (χ0n) is 19.2. The van der Waals surface area contributed by atoms with E-state index < -0.39 is 0 Å². The topological polar surface area (TPSA) is 85.6 Å². The lowest BCUT2D eigenvalue weighted by Gasteiger charge is -2.13. The molecule has 2 aromatic rings. The molecule has 0 bridgehead atoms. The molecule has 174 valence electrons. The zero-order chi connectivity index (χ0) is 21.6. The van der Waals surface area contributed by atoms with Crippen LogP contribution in [-0.2, 0) is 24.8 Å². The van der Waals surface area contributed by atoms with Gasteiger partial charge in [-0.05, 0) is 43.9 Å². The van der Waals surface area contributed by atoms with Crippen LogP contribution < -0.4 is 15.4 Å². The summed E-state index contributed by atoms with van der Waals surface area (Å²) >= 11 is 0. The first-order chi connectivity index (χ1) is 14.6. The molecular weight excluding hydrogens is 507 g/mol. The minimum Gasteiger partial charge on any atom is -0.497 e. The van der Waals surface area contributed by atoms with Gasteiger partial charge in [0.15, 0.2) is 11.8 Å². The van der Waals surface area contributed by atoms with Crippen LogP contribution in [0.4, 0.5) is 0 Å². The lowest BCUT2D eigenvalue weighted by Crippen LogP contribution is -2.39. The predicted molar refractivity (Wildman–Crippen MR) is 135 cm³/mol. The van der Waals surface area contributed by atoms with E-state index in [0.717, 1.165) is 75.3 Å². The monoisotopic (exact) mass is 544 g/mol. The van der Waals surface area contributed by atoms with Crippen LogP contribution in [0.1, 0.15) is 43.4 Å². The Morgan fingerprint density at radius 3 is 2.42 bits per heavy atom. The number of guanidine groups is 1. The molecule has 0 aliphatic carbocycles. The molecule has 0 radical (unpaired) electrons. The summed E-state index contributed by atoms with van der Waals surface area (Å²) < 4.78 is 12.8. The van der Waals surface area contributed by atoms with Crippen LogP contribution in [0.3, 0.4) is 0 Å². The lowest BCUT2D eigenvalue weighted by molar-refractivity contribution is 0.129. The molecule has 0 spiro atoms. The van der Waals surface area contributed by atoms with Crippen LogP contribution in [0.5, 0.6) is 5.75 Å². The smallest absolute Gasteiger partial charge is 0.191 e. The number of nitrogens with one attached hydrogen (secondary N) is 2. The summed E-state index contributed by atoms with van der Waals surface area (Å²) in [4.78, 5) is 4.68. The van der Waals surface area contributed by atoms with Crippen molar-refractivity contribution in [1.29, 1.82) is 0 Å². The fourth-order valence-electron chi connectivity index (χ4n) is 2.76. The van der Waals surface area contributed by atoms with Crippen molar-refractivity contribution in [2.45, 2.75) is 46.1 Å². The molecule has 8 nitrogen and oxygen atoms in total. The van der Waals surface area contributed by atoms with E-state index >= 15 is 0 Å². The van der Waals surface area contributed by atoms with E-state index in [1.807, 2.05) is 30.7 Å². The van der Waals surface area contributed by atoms with E-state index in [0.29, 0.717) is 6.54 Å². The van der Waals surface area contributed by atoms with Crippen LogP contribution in [0, 0.1) is 6.92 Å². The van der Waals surface area contributed by atoms with Gasteiger partial charge in [-0.2, -0.15) is 0 Å². The highest BCUT2D eigenvalue weighted by Crippen LogP contribution is 2.11. The second-order valence-electron chi connectivity index (χ2n) is 7.16. The maximum Gasteiger partial charge on any atom is 0.191 e. The molecule has 1 heterocycles. The molecule has 0 saturated carbocycles. The molecule has 0 atom stereocenters. The van der Waals surface area contributed by atoms with Crippen LogP contribution in [0.2, 0.25) is 0 Å². The van der Waals surface area contributed by atoms with E-state index in [2.05, 4.69) is 44.9 Å². The minimum atomic E-state index is 0. The molecule has 9 heteroatoms. The van der Waals surface area contributed by atoms with E-state index in [-0.39, 0.29) is 24.0 Å². The van der Waals surface area contributed by atoms with Gasteiger partial charge in [-0.3, -0.25) is 0 Å². The summed E-state index contributed by atoms with van der Waals surface area (Å²) in [5.74, 6) is 3.37. The van der Waals surface area contributed by atoms with Gasteiger partial charge in [-0.1, -0.05) is 25.5 Å². The van der Waals surface area contributed by atoms with Gasteiger partial charge in [-0.25, -0.2) is 4.99 Å². The van der Waals surface area contributed by atoms with Gasteiger partial charge in [0.25, 0.3) is 0 Å². The van der Waals surface area contributed by atoms with Gasteiger partial charge >= 0.3 is 0 Å². The second-order valence-corrected chi connectivity index (χ2v) is 7.16. The average Bonchev–Trinajstić information content (AvgIpc) is 3.09. The van der Waals surface area contributed by atoms with Gasteiger partial charge in [0.05, 0.1) is 7.11 Å². The second kappa shape index (κ2) is 15.9. The Balaban J connectivity index is 0.00000480. The lowest BCUT2D eigenvalue weighted by atomic mass is 10.1. The third kappa shape index (κ3) is 10.3. The van der Waals surface area contributed by atoms with Crippen molar-refractivity contribution in [2.75, 3.05) is 33.4 Å². The number of hydrogen-bond acceptors (Lipinski definition) is 5. The number of halogens is 1. The summed E-state index contributed by atoms with van der Waals surface area (Å²) in [6.45, 7) is 7.76. The first-order valence-electron chi connectivity index (χ1n) is 10.7. The quantitative estimate of drug-likeness (QED) is 0.174. The Kier molecular flexibility index (Phi) is 13.9. The van der Waals surface area contributed by atoms with E-state index in [1.165, 1.54) is 5.56 Å². The summed E-state index contributed by atoms with van der Waals surface area (Å²) in [5, 5.41) is 15.1. The van der Waals surface area contributed by atoms with Crippen molar-refractivity contribution in [3.05, 3.63) is 41.5 Å². The number of ether oxygens (including phenoxy) is 2. The number of hydrogen-bond donors (Lipinski definition) is 2. The number of aryl methyl sites for hydroxylation is 1. The van der Waals surface area contributed by atoms with Crippen molar-refractivity contribution in [3.63, 3.8) is 0 Å². The maximum absolute atomic E-state index is 5.63. The SMILES string of the molecule is CCCCOCCCNC(=NCc1nnc(C)n1C)NCCc1ccc(OC)cc1.I. The Morgan fingerprint density at radius 1 is 1.06 bits per heavy atom. The van der Waals surface area contributed by atoms with E-state index in [9.17, 15) is 0 Å². The molecule has 0 aliphatic heterocycles. The molecule has 2 N–H and O–H groups in total. The zero-order valence-corrected chi connectivity index (χ0v) is 21.5. The van der Waals surface area contributed by atoms with Gasteiger partial charge in [0, 0.05) is 33.4 Å². The highest BCUT2D eigenvalue weighted by atomic mass is 127. The van der Waals surface area contributed by atoms with Crippen molar-refractivity contribution in [1.82, 2.24) is 25.4 Å². The number of aliphatic imine (C=N–C) groups is 1. The number of unbranched alkanes of at least 4 members (excludes halogenated alkanes) is 1. The summed E-state index contributed by atoms with van der Waals surface area (Å²) in [7, 11) is 3.64. The Bertz CT molecular complexity index is 764. The van der Waals surface area contributed by atoms with Crippen LogP contribution >= 0.6 is 24.0 Å². The number of aromatic nitrogens is 3. The highest BCUT2D eigenvalue weighted by molar-refractivity contribution is 14.0. The van der Waals surface area contributed by atoms with Crippen molar-refractivity contribution < 1.29 is 9.47 Å². The van der Waals surface area contributed by atoms with Gasteiger partial charge in [-0.15, -0.1) is 34.2 Å². The number of nitrogens with zero attached hydrogens (tertiary/aromatic N) is 4. The molecular formula is C22H37IN6O2. The third-order valence-corrected chi connectivity index (χ3v) is 4.83. The molecule has 0 aliphatic rings. The fourth-order valence-corrected chi connectivity index (χ4v) is 2.76. The largest absolute Gasteiger partial charge is 0.497 e. The summed E-state index contributed by atoms with van der Waals surface area (Å²) in [6, 6.07) is 8.14. The Morgan fingerprint density at radius 2 is 1.77 bits per heavy atom. The van der Waals surface area contributed by atoms with Crippen LogP contribution in [-0.4, -0.2) is 54.1 Å². The van der Waals surface area contributed by atoms with Crippen LogP contribution in [0.25, 0.3) is 0 Å². The third-order valence-electron chi connectivity index (χ3n) is 4.83. The number of benzene rings is 1. The summed E-state index contributed by atoms with van der Waals surface area (Å²) in [5.41, 5.74) is 1.25. The first kappa shape index (κ1) is 27.2. The van der Waals surface area contributed by atoms with Crippen molar-refractivity contribution in [2.24, 2.45) is 12.0 Å². The van der Waals surface area contributed by atoms with Gasteiger partial charge in [0.2, 0.25) is 0 Å². The molecule has 0 fully saturated rings. The summed E-state index contributed by atoms with van der Waals surface area (Å²) in [6.07, 6.45) is 4.11. The standard InChI is InChI=1S/C22H36N6O2.HI/c1-5-6-15-30-16-7-13-23-22(25-17-21-27-26-18(2)28(21)3)24-14-12-19-8-10-20(29-4)11-9-19;/h8-11H,5-7,12-17H2,1-4H3,(H2,23,24,25);1H. The molecule has 0 unspecified atom stereocenters. The van der Waals surface area contributed by atoms with E-state index in [1.54, 1.807) is 7.11 Å². The van der Waals surface area contributed by atoms with Crippen molar-refractivity contribution in [3.8, 4) is 5.75 Å². The number of rotatable bonds is 13. The first-order valence-corrected chi connectivity index (χ1v) is 10.7. The van der Waals surface area contributed by atoms with Gasteiger partial charge in [0.1, 0.15) is 18.1 Å². The van der Waals surface area contributed by atoms with Gasteiger partial charge < -0.3 is 24.7 Å². The normalized spacial score (nSPS) is 11.2. The Hall–Kier alpha value is -1.88. The molecule has 0 saturated heterocycles. The van der Waals surface area contributed by atoms with Crippen molar-refractivity contribution >= 4 is 29.9 Å². The predicted octanol–water partition coefficient (Wildman–Crippen LogP) is 3.23. The van der Waals surface area contributed by atoms with E-state index in [4.69, 9.17) is 9.47 Å². The molecule has 1 aromatic heterocycles. The average molecular weight is 544 g/mol. The molecule has 0 amide bonds. The fraction of sp³-hybridized carbons (Fsp3) is 0.591. The molecule has 1 aromatic carbocycles. The maximum atomic E-state index is 5.63. The number of methoxy groups -OCH3 is 1. The minimum absolute atomic E-state index is 0. The Labute approximate surface area is 203 Å². The highest BCUT2D eigenvalue weighted by Gasteiger charge is 2.05.